The first-order valence-electron chi connectivity index (χ1n) is 6.62. The van der Waals surface area contributed by atoms with E-state index in [0.29, 0.717) is 12.8 Å². The lowest BCUT2D eigenvalue weighted by molar-refractivity contribution is -0.219. The van der Waals surface area contributed by atoms with Crippen molar-refractivity contribution in [1.82, 2.24) is 0 Å². The van der Waals surface area contributed by atoms with Gasteiger partial charge in [-0.3, -0.25) is 0 Å². The number of ether oxygens (including phenoxy) is 5. The molecule has 1 spiro atoms. The van der Waals surface area contributed by atoms with E-state index in [1.165, 1.54) is 0 Å². The van der Waals surface area contributed by atoms with Gasteiger partial charge in [-0.05, 0) is 40.5 Å². The number of esters is 1. The molecular formula is C13H20O6. The minimum atomic E-state index is -1.02. The molecular weight excluding hydrogens is 252 g/mol. The molecule has 3 rings (SSSR count). The quantitative estimate of drug-likeness (QED) is 0.620. The lowest BCUT2D eigenvalue weighted by Crippen LogP contribution is -2.44. The second-order valence-corrected chi connectivity index (χ2v) is 6.27. The monoisotopic (exact) mass is 272 g/mol. The normalized spacial score (nSPS) is 43.9. The highest BCUT2D eigenvalue weighted by Crippen LogP contribution is 2.41. The van der Waals surface area contributed by atoms with Crippen LogP contribution in [0.3, 0.4) is 0 Å². The molecule has 0 aromatic heterocycles. The average molecular weight is 272 g/mol. The van der Waals surface area contributed by atoms with Crippen LogP contribution in [-0.2, 0) is 28.5 Å². The van der Waals surface area contributed by atoms with Crippen LogP contribution in [0.15, 0.2) is 0 Å². The van der Waals surface area contributed by atoms with Crippen LogP contribution in [0, 0.1) is 0 Å². The largest absolute Gasteiger partial charge is 0.431 e. The third kappa shape index (κ3) is 2.27. The lowest BCUT2D eigenvalue weighted by atomic mass is 9.98. The molecule has 3 fully saturated rings. The highest BCUT2D eigenvalue weighted by atomic mass is 16.8. The zero-order valence-electron chi connectivity index (χ0n) is 11.7. The van der Waals surface area contributed by atoms with Crippen molar-refractivity contribution in [1.29, 1.82) is 0 Å². The van der Waals surface area contributed by atoms with Crippen molar-refractivity contribution in [3.8, 4) is 0 Å². The van der Waals surface area contributed by atoms with Gasteiger partial charge in [-0.1, -0.05) is 0 Å². The molecule has 0 aliphatic carbocycles. The molecule has 0 aromatic carbocycles. The first kappa shape index (κ1) is 13.3. The molecule has 3 atom stereocenters. The number of fused-ring (bicyclic) bond motifs is 1. The molecule has 0 amide bonds. The van der Waals surface area contributed by atoms with Gasteiger partial charge in [0.15, 0.2) is 17.2 Å². The van der Waals surface area contributed by atoms with Crippen LogP contribution < -0.4 is 0 Å². The molecule has 108 valence electrons. The summed E-state index contributed by atoms with van der Waals surface area (Å²) in [6.45, 7) is 7.41. The molecule has 0 N–H and O–H groups in total. The topological polar surface area (TPSA) is 63.2 Å². The Morgan fingerprint density at radius 1 is 1.11 bits per heavy atom. The van der Waals surface area contributed by atoms with E-state index in [-0.39, 0.29) is 12.7 Å². The van der Waals surface area contributed by atoms with Crippen LogP contribution in [0.25, 0.3) is 0 Å². The second kappa shape index (κ2) is 3.91. The Kier molecular flexibility index (Phi) is 2.74. The molecule has 3 heterocycles. The van der Waals surface area contributed by atoms with Crippen molar-refractivity contribution in [3.63, 3.8) is 0 Å². The van der Waals surface area contributed by atoms with Gasteiger partial charge in [-0.15, -0.1) is 0 Å². The first-order chi connectivity index (χ1) is 8.72. The molecule has 0 bridgehead atoms. The summed E-state index contributed by atoms with van der Waals surface area (Å²) in [6.07, 6.45) is 0.245. The summed E-state index contributed by atoms with van der Waals surface area (Å²) < 4.78 is 28.0. The second-order valence-electron chi connectivity index (χ2n) is 6.27. The van der Waals surface area contributed by atoms with Gasteiger partial charge in [0.1, 0.15) is 6.10 Å². The van der Waals surface area contributed by atoms with E-state index in [1.54, 1.807) is 13.8 Å². The molecule has 0 aromatic rings. The molecule has 0 saturated carbocycles. The van der Waals surface area contributed by atoms with E-state index in [9.17, 15) is 4.79 Å². The smallest absolute Gasteiger partial charge is 0.343 e. The highest BCUT2D eigenvalue weighted by Gasteiger charge is 2.57. The maximum atomic E-state index is 12.3. The number of hydrogen-bond donors (Lipinski definition) is 0. The summed E-state index contributed by atoms with van der Waals surface area (Å²) in [6, 6.07) is 0. The Morgan fingerprint density at radius 3 is 2.47 bits per heavy atom. The van der Waals surface area contributed by atoms with Gasteiger partial charge < -0.3 is 23.7 Å². The Balaban J connectivity index is 1.78. The molecule has 6 heteroatoms. The van der Waals surface area contributed by atoms with Crippen LogP contribution in [0.4, 0.5) is 0 Å². The van der Waals surface area contributed by atoms with Gasteiger partial charge in [0, 0.05) is 0 Å². The fourth-order valence-electron chi connectivity index (χ4n) is 2.83. The third-order valence-electron chi connectivity index (χ3n) is 3.66. The van der Waals surface area contributed by atoms with Gasteiger partial charge in [0.05, 0.1) is 6.61 Å². The Morgan fingerprint density at radius 2 is 1.84 bits per heavy atom. The van der Waals surface area contributed by atoms with Crippen molar-refractivity contribution in [2.24, 2.45) is 0 Å². The summed E-state index contributed by atoms with van der Waals surface area (Å²) >= 11 is 0. The molecule has 6 nitrogen and oxygen atoms in total. The SMILES string of the molecule is CC1(C)O[C@H]2OC(=O)[C@]3(CC[C@H]2O1)COC(C)(C)O3. The summed E-state index contributed by atoms with van der Waals surface area (Å²) in [7, 11) is 0. The predicted octanol–water partition coefficient (Wildman–Crippen LogP) is 1.32. The maximum absolute atomic E-state index is 12.3. The predicted molar refractivity (Wildman–Crippen MR) is 63.0 cm³/mol. The summed E-state index contributed by atoms with van der Waals surface area (Å²) in [5, 5.41) is 0. The Bertz CT molecular complexity index is 404. The van der Waals surface area contributed by atoms with Crippen LogP contribution in [0.5, 0.6) is 0 Å². The number of carbonyl (C=O) groups excluding carboxylic acids is 1. The van der Waals surface area contributed by atoms with Crippen LogP contribution in [0.1, 0.15) is 40.5 Å². The fraction of sp³-hybridized carbons (Fsp3) is 0.923. The van der Waals surface area contributed by atoms with Crippen molar-refractivity contribution in [2.75, 3.05) is 6.61 Å². The molecule has 0 radical (unpaired) electrons. The van der Waals surface area contributed by atoms with Gasteiger partial charge >= 0.3 is 5.97 Å². The van der Waals surface area contributed by atoms with Gasteiger partial charge in [-0.25, -0.2) is 4.79 Å². The van der Waals surface area contributed by atoms with Crippen LogP contribution in [0.2, 0.25) is 0 Å². The van der Waals surface area contributed by atoms with E-state index >= 15 is 0 Å². The zero-order chi connectivity index (χ0) is 13.9. The molecule has 19 heavy (non-hydrogen) atoms. The third-order valence-corrected chi connectivity index (χ3v) is 3.66. The van der Waals surface area contributed by atoms with Crippen molar-refractivity contribution in [3.05, 3.63) is 0 Å². The fourth-order valence-corrected chi connectivity index (χ4v) is 2.83. The van der Waals surface area contributed by atoms with Gasteiger partial charge in [0.2, 0.25) is 6.29 Å². The zero-order valence-corrected chi connectivity index (χ0v) is 11.7. The minimum Gasteiger partial charge on any atom is -0.431 e. The molecule has 3 aliphatic rings. The molecule has 3 saturated heterocycles. The number of hydrogen-bond acceptors (Lipinski definition) is 6. The molecule has 3 aliphatic heterocycles. The number of rotatable bonds is 0. The van der Waals surface area contributed by atoms with E-state index in [0.717, 1.165) is 0 Å². The minimum absolute atomic E-state index is 0.210. The Hall–Kier alpha value is -0.690. The first-order valence-corrected chi connectivity index (χ1v) is 6.62. The van der Waals surface area contributed by atoms with Gasteiger partial charge in [-0.2, -0.15) is 0 Å². The van der Waals surface area contributed by atoms with Crippen molar-refractivity contribution >= 4 is 5.97 Å². The van der Waals surface area contributed by atoms with E-state index < -0.39 is 29.4 Å². The van der Waals surface area contributed by atoms with Crippen molar-refractivity contribution < 1.29 is 28.5 Å². The summed E-state index contributed by atoms with van der Waals surface area (Å²) in [5.74, 6) is -1.90. The standard InChI is InChI=1S/C13H20O6/c1-11(2)15-7-13(19-11)6-5-8-9(16-10(13)14)18-12(3,4)17-8/h8-9H,5-7H2,1-4H3/t8-,9-,13+/m1/s1. The van der Waals surface area contributed by atoms with E-state index in [1.807, 2.05) is 13.8 Å². The van der Waals surface area contributed by atoms with E-state index in [2.05, 4.69) is 0 Å². The van der Waals surface area contributed by atoms with E-state index in [4.69, 9.17) is 23.7 Å². The Labute approximate surface area is 112 Å². The molecule has 0 unspecified atom stereocenters. The maximum Gasteiger partial charge on any atom is 0.343 e. The summed E-state index contributed by atoms with van der Waals surface area (Å²) in [5.41, 5.74) is -1.02. The average Bonchev–Trinajstić information content (AvgIpc) is 2.70. The van der Waals surface area contributed by atoms with Gasteiger partial charge in [0.25, 0.3) is 0 Å². The number of carbonyl (C=O) groups is 1. The van der Waals surface area contributed by atoms with Crippen LogP contribution >= 0.6 is 0 Å². The summed E-state index contributed by atoms with van der Waals surface area (Å²) in [4.78, 5) is 12.3. The van der Waals surface area contributed by atoms with Crippen LogP contribution in [-0.4, -0.2) is 42.1 Å². The highest BCUT2D eigenvalue weighted by molar-refractivity contribution is 5.80. The lowest BCUT2D eigenvalue weighted by Gasteiger charge is -2.26. The van der Waals surface area contributed by atoms with Crippen molar-refractivity contribution in [2.45, 2.75) is 70.1 Å².